The van der Waals surface area contributed by atoms with E-state index in [4.69, 9.17) is 5.73 Å². The van der Waals surface area contributed by atoms with Crippen LogP contribution in [0.5, 0.6) is 0 Å². The number of carbonyl (C=O) groups is 1. The highest BCUT2D eigenvalue weighted by Crippen LogP contribution is 2.25. The topological polar surface area (TPSA) is 93.2 Å². The van der Waals surface area contributed by atoms with Gasteiger partial charge >= 0.3 is 5.97 Å². The molecule has 3 aromatic rings. The molecule has 3 rings (SSSR count). The Morgan fingerprint density at radius 2 is 2.04 bits per heavy atom. The van der Waals surface area contributed by atoms with Crippen LogP contribution < -0.4 is 11.1 Å². The third-order valence-corrected chi connectivity index (χ3v) is 3.77. The summed E-state index contributed by atoms with van der Waals surface area (Å²) in [6.07, 6.45) is 0.378. The fourth-order valence-corrected chi connectivity index (χ4v) is 2.60. The molecule has 6 heteroatoms. The second kappa shape index (κ2) is 6.00. The van der Waals surface area contributed by atoms with E-state index in [9.17, 15) is 9.90 Å². The molecule has 2 aromatic carbocycles. The Kier molecular flexibility index (Phi) is 3.89. The average molecular weight is 310 g/mol. The summed E-state index contributed by atoms with van der Waals surface area (Å²) in [6, 6.07) is 14.2. The van der Waals surface area contributed by atoms with Crippen molar-refractivity contribution in [2.45, 2.75) is 12.5 Å². The molecule has 1 heterocycles. The first-order valence-electron chi connectivity index (χ1n) is 7.30. The maximum atomic E-state index is 11.6. The number of aliphatic carboxylic acids is 1. The smallest absolute Gasteiger partial charge is 0.326 e. The van der Waals surface area contributed by atoms with Gasteiger partial charge in [0.2, 0.25) is 0 Å². The monoisotopic (exact) mass is 310 g/mol. The van der Waals surface area contributed by atoms with Crippen molar-refractivity contribution in [1.82, 2.24) is 9.78 Å². The lowest BCUT2D eigenvalue weighted by molar-refractivity contribution is -0.137. The van der Waals surface area contributed by atoms with Crippen molar-refractivity contribution in [1.29, 1.82) is 0 Å². The Hall–Kier alpha value is -3.02. The number of anilines is 2. The normalized spacial score (nSPS) is 12.2. The molecular formula is C17H18N4O2. The van der Waals surface area contributed by atoms with Crippen molar-refractivity contribution >= 4 is 28.4 Å². The average Bonchev–Trinajstić information content (AvgIpc) is 2.83. The Bertz CT molecular complexity index is 842. The summed E-state index contributed by atoms with van der Waals surface area (Å²) in [6.45, 7) is 0. The van der Waals surface area contributed by atoms with Crippen LogP contribution in [0.3, 0.4) is 0 Å². The summed E-state index contributed by atoms with van der Waals surface area (Å²) < 4.78 is 1.69. The van der Waals surface area contributed by atoms with Crippen molar-refractivity contribution in [3.63, 3.8) is 0 Å². The van der Waals surface area contributed by atoms with Crippen LogP contribution in [0.4, 0.5) is 11.5 Å². The molecule has 1 atom stereocenters. The Balaban J connectivity index is 1.90. The van der Waals surface area contributed by atoms with E-state index in [2.05, 4.69) is 10.4 Å². The van der Waals surface area contributed by atoms with Crippen LogP contribution in [-0.4, -0.2) is 26.9 Å². The summed E-state index contributed by atoms with van der Waals surface area (Å²) in [5, 5.41) is 17.8. The lowest BCUT2D eigenvalue weighted by atomic mass is 10.1. The number of hydrogen-bond donors (Lipinski definition) is 3. The molecule has 0 saturated heterocycles. The first-order valence-corrected chi connectivity index (χ1v) is 7.30. The molecule has 0 fully saturated rings. The maximum Gasteiger partial charge on any atom is 0.326 e. The number of carboxylic acid groups (broad SMARTS) is 1. The number of nitrogens with zero attached hydrogens (tertiary/aromatic N) is 2. The van der Waals surface area contributed by atoms with Crippen LogP contribution >= 0.6 is 0 Å². The van der Waals surface area contributed by atoms with Gasteiger partial charge in [-0.2, -0.15) is 5.10 Å². The van der Waals surface area contributed by atoms with Crippen molar-refractivity contribution in [3.8, 4) is 0 Å². The first-order chi connectivity index (χ1) is 11.0. The largest absolute Gasteiger partial charge is 0.480 e. The van der Waals surface area contributed by atoms with Gasteiger partial charge in [-0.05, 0) is 23.8 Å². The molecule has 0 aliphatic rings. The van der Waals surface area contributed by atoms with Crippen molar-refractivity contribution < 1.29 is 9.90 Å². The molecule has 23 heavy (non-hydrogen) atoms. The molecule has 0 spiro atoms. The molecule has 1 aromatic heterocycles. The fraction of sp³-hybridized carbons (Fsp3) is 0.176. The summed E-state index contributed by atoms with van der Waals surface area (Å²) in [7, 11) is 1.81. The summed E-state index contributed by atoms with van der Waals surface area (Å²) in [4.78, 5) is 11.6. The SMILES string of the molecule is Cn1nc(N[C@@H](Cc2ccccc2)C(=O)O)c2ccc(N)cc21. The lowest BCUT2D eigenvalue weighted by Crippen LogP contribution is -2.31. The van der Waals surface area contributed by atoms with Gasteiger partial charge in [0.05, 0.1) is 5.52 Å². The van der Waals surface area contributed by atoms with Crippen LogP contribution in [0.25, 0.3) is 10.9 Å². The minimum Gasteiger partial charge on any atom is -0.480 e. The number of carboxylic acids is 1. The Morgan fingerprint density at radius 1 is 1.30 bits per heavy atom. The summed E-state index contributed by atoms with van der Waals surface area (Å²) >= 11 is 0. The summed E-state index contributed by atoms with van der Waals surface area (Å²) in [5.74, 6) is -0.367. The number of nitrogens with one attached hydrogen (secondary N) is 1. The number of rotatable bonds is 5. The first kappa shape index (κ1) is 14.9. The van der Waals surface area contributed by atoms with E-state index in [1.165, 1.54) is 0 Å². The summed E-state index contributed by atoms with van der Waals surface area (Å²) in [5.41, 5.74) is 8.26. The van der Waals surface area contributed by atoms with E-state index in [0.717, 1.165) is 16.5 Å². The molecule has 6 nitrogen and oxygen atoms in total. The van der Waals surface area contributed by atoms with Gasteiger partial charge in [-0.1, -0.05) is 30.3 Å². The van der Waals surface area contributed by atoms with Gasteiger partial charge in [0.1, 0.15) is 6.04 Å². The second-order valence-electron chi connectivity index (χ2n) is 5.47. The molecule has 0 radical (unpaired) electrons. The van der Waals surface area contributed by atoms with Crippen molar-refractivity contribution in [2.24, 2.45) is 7.05 Å². The highest BCUT2D eigenvalue weighted by Gasteiger charge is 2.20. The molecule has 118 valence electrons. The highest BCUT2D eigenvalue weighted by molar-refractivity contribution is 5.93. The van der Waals surface area contributed by atoms with E-state index in [0.29, 0.717) is 17.9 Å². The molecule has 0 aliphatic carbocycles. The number of aryl methyl sites for hydroxylation is 1. The molecule has 0 saturated carbocycles. The second-order valence-corrected chi connectivity index (χ2v) is 5.47. The van der Waals surface area contributed by atoms with Gasteiger partial charge in [0.15, 0.2) is 5.82 Å². The number of nitrogens with two attached hydrogens (primary N) is 1. The zero-order chi connectivity index (χ0) is 16.4. The lowest BCUT2D eigenvalue weighted by Gasteiger charge is -2.14. The third-order valence-electron chi connectivity index (χ3n) is 3.77. The number of hydrogen-bond acceptors (Lipinski definition) is 4. The quantitative estimate of drug-likeness (QED) is 0.629. The van der Waals surface area contributed by atoms with Crippen molar-refractivity contribution in [3.05, 3.63) is 54.1 Å². The van der Waals surface area contributed by atoms with Gasteiger partial charge in [-0.15, -0.1) is 0 Å². The third kappa shape index (κ3) is 3.11. The standard InChI is InChI=1S/C17H18N4O2/c1-21-15-10-12(18)7-8-13(15)16(20-21)19-14(17(22)23)9-11-5-3-2-4-6-11/h2-8,10,14H,9,18H2,1H3,(H,19,20)(H,22,23)/t14-/m0/s1. The van der Waals surface area contributed by atoms with Crippen LogP contribution in [0.2, 0.25) is 0 Å². The fourth-order valence-electron chi connectivity index (χ4n) is 2.60. The molecule has 0 amide bonds. The van der Waals surface area contributed by atoms with Gasteiger partial charge in [0, 0.05) is 24.5 Å². The molecule has 4 N–H and O–H groups in total. The van der Waals surface area contributed by atoms with E-state index in [1.54, 1.807) is 17.8 Å². The van der Waals surface area contributed by atoms with Gasteiger partial charge in [-0.3, -0.25) is 4.68 Å². The molecular weight excluding hydrogens is 292 g/mol. The molecule has 0 aliphatic heterocycles. The number of nitrogen functional groups attached to an aromatic ring is 1. The maximum absolute atomic E-state index is 11.6. The number of fused-ring (bicyclic) bond motifs is 1. The predicted molar refractivity (Wildman–Crippen MR) is 90.3 cm³/mol. The van der Waals surface area contributed by atoms with Crippen molar-refractivity contribution in [2.75, 3.05) is 11.1 Å². The number of aromatic nitrogens is 2. The van der Waals surface area contributed by atoms with Crippen LogP contribution in [0.1, 0.15) is 5.56 Å². The van der Waals surface area contributed by atoms with E-state index < -0.39 is 12.0 Å². The Morgan fingerprint density at radius 3 is 2.74 bits per heavy atom. The highest BCUT2D eigenvalue weighted by atomic mass is 16.4. The van der Waals surface area contributed by atoms with E-state index in [-0.39, 0.29) is 0 Å². The van der Waals surface area contributed by atoms with Gasteiger partial charge < -0.3 is 16.2 Å². The van der Waals surface area contributed by atoms with E-state index in [1.807, 2.05) is 42.5 Å². The Labute approximate surface area is 133 Å². The van der Waals surface area contributed by atoms with Crippen LogP contribution in [0, 0.1) is 0 Å². The van der Waals surface area contributed by atoms with Crippen LogP contribution in [-0.2, 0) is 18.3 Å². The molecule has 0 bridgehead atoms. The van der Waals surface area contributed by atoms with Gasteiger partial charge in [0.25, 0.3) is 0 Å². The molecule has 0 unspecified atom stereocenters. The zero-order valence-electron chi connectivity index (χ0n) is 12.7. The zero-order valence-corrected chi connectivity index (χ0v) is 12.7. The van der Waals surface area contributed by atoms with Crippen LogP contribution in [0.15, 0.2) is 48.5 Å². The minimum absolute atomic E-state index is 0.378. The van der Waals surface area contributed by atoms with E-state index >= 15 is 0 Å². The predicted octanol–water partition coefficient (Wildman–Crippen LogP) is 2.26. The number of benzene rings is 2. The minimum atomic E-state index is -0.914. The van der Waals surface area contributed by atoms with Gasteiger partial charge in [-0.25, -0.2) is 4.79 Å².